The van der Waals surface area contributed by atoms with Crippen molar-refractivity contribution in [3.63, 3.8) is 0 Å². The van der Waals surface area contributed by atoms with E-state index in [1.807, 2.05) is 0 Å². The van der Waals surface area contributed by atoms with E-state index in [-0.39, 0.29) is 10.7 Å². The van der Waals surface area contributed by atoms with E-state index in [1.165, 1.54) is 6.92 Å². The molecule has 3 atom stereocenters. The quantitative estimate of drug-likeness (QED) is 0.761. The molecule has 2 aromatic carbocycles. The number of amides is 1. The van der Waals surface area contributed by atoms with E-state index in [4.69, 9.17) is 0 Å². The average molecular weight is 411 g/mol. The summed E-state index contributed by atoms with van der Waals surface area (Å²) in [6.07, 6.45) is 0.125. The number of alkyl halides is 3. The van der Waals surface area contributed by atoms with Crippen LogP contribution in [-0.2, 0) is 21.2 Å². The first-order chi connectivity index (χ1) is 13.0. The van der Waals surface area contributed by atoms with Crippen molar-refractivity contribution in [2.75, 3.05) is 0 Å². The predicted molar refractivity (Wildman–Crippen MR) is 98.7 cm³/mol. The standard InChI is InChI=1S/C20H20F3NO3S/c1-14-17(16-11-7-4-8-12-16)19(2,13-15-9-5-3-6-10-15)18(25)24(14)28(26,27)20(21,22)23/h3-12,14,17H,13H2,1-2H3/t14-,17+,19+/m1/s1. The lowest BCUT2D eigenvalue weighted by atomic mass is 9.69. The number of sulfonamides is 1. The van der Waals surface area contributed by atoms with Gasteiger partial charge in [0.15, 0.2) is 0 Å². The molecule has 0 N–H and O–H groups in total. The van der Waals surface area contributed by atoms with E-state index < -0.39 is 38.8 Å². The van der Waals surface area contributed by atoms with Crippen LogP contribution in [0.2, 0.25) is 0 Å². The third kappa shape index (κ3) is 3.19. The van der Waals surface area contributed by atoms with Gasteiger partial charge in [-0.25, -0.2) is 4.31 Å². The normalized spacial score (nSPS) is 25.9. The Balaban J connectivity index is 2.16. The van der Waals surface area contributed by atoms with Crippen molar-refractivity contribution in [2.45, 2.75) is 37.7 Å². The molecule has 150 valence electrons. The van der Waals surface area contributed by atoms with E-state index >= 15 is 0 Å². The van der Waals surface area contributed by atoms with Gasteiger partial charge in [0, 0.05) is 5.92 Å². The third-order valence-electron chi connectivity index (χ3n) is 5.35. The second kappa shape index (κ2) is 6.92. The Labute approximate surface area is 162 Å². The molecule has 0 saturated carbocycles. The van der Waals surface area contributed by atoms with Crippen LogP contribution in [0.1, 0.15) is 30.9 Å². The monoisotopic (exact) mass is 411 g/mol. The molecule has 0 spiro atoms. The van der Waals surface area contributed by atoms with Crippen molar-refractivity contribution < 1.29 is 26.4 Å². The van der Waals surface area contributed by atoms with Crippen LogP contribution in [0.4, 0.5) is 13.2 Å². The SMILES string of the molecule is C[C@@H]1[C@@H](c2ccccc2)[C@](C)(Cc2ccccc2)C(=O)N1S(=O)(=O)C(F)(F)F. The maximum atomic E-state index is 13.3. The van der Waals surface area contributed by atoms with Crippen LogP contribution in [0.5, 0.6) is 0 Å². The van der Waals surface area contributed by atoms with Gasteiger partial charge in [0.05, 0.1) is 11.5 Å². The first-order valence-corrected chi connectivity index (χ1v) is 10.2. The summed E-state index contributed by atoms with van der Waals surface area (Å²) in [6.45, 7) is 2.90. The number of carbonyl (C=O) groups is 1. The van der Waals surface area contributed by atoms with Crippen molar-refractivity contribution in [3.05, 3.63) is 71.8 Å². The first kappa shape index (κ1) is 20.4. The van der Waals surface area contributed by atoms with Gasteiger partial charge in [0.1, 0.15) is 0 Å². The number of benzene rings is 2. The van der Waals surface area contributed by atoms with Crippen LogP contribution >= 0.6 is 0 Å². The van der Waals surface area contributed by atoms with Gasteiger partial charge < -0.3 is 0 Å². The topological polar surface area (TPSA) is 54.5 Å². The zero-order chi connectivity index (χ0) is 20.7. The molecule has 1 amide bonds. The molecule has 0 unspecified atom stereocenters. The number of carbonyl (C=O) groups excluding carboxylic acids is 1. The molecule has 4 nitrogen and oxygen atoms in total. The van der Waals surface area contributed by atoms with Crippen LogP contribution in [0.25, 0.3) is 0 Å². The molecule has 28 heavy (non-hydrogen) atoms. The molecular weight excluding hydrogens is 391 g/mol. The highest BCUT2D eigenvalue weighted by atomic mass is 32.2. The molecule has 2 aromatic rings. The number of hydrogen-bond donors (Lipinski definition) is 0. The average Bonchev–Trinajstić information content (AvgIpc) is 2.81. The summed E-state index contributed by atoms with van der Waals surface area (Å²) >= 11 is 0. The lowest BCUT2D eigenvalue weighted by Gasteiger charge is -2.30. The van der Waals surface area contributed by atoms with Gasteiger partial charge in [-0.2, -0.15) is 21.6 Å². The molecule has 3 rings (SSSR count). The minimum Gasteiger partial charge on any atom is -0.273 e. The molecule has 1 aliphatic rings. The fraction of sp³-hybridized carbons (Fsp3) is 0.350. The number of rotatable bonds is 4. The van der Waals surface area contributed by atoms with Crippen LogP contribution in [-0.4, -0.2) is 30.2 Å². The predicted octanol–water partition coefficient (Wildman–Crippen LogP) is 4.10. The molecule has 1 saturated heterocycles. The molecule has 1 heterocycles. The number of halogens is 3. The fourth-order valence-corrected chi connectivity index (χ4v) is 5.40. The number of hydrogen-bond acceptors (Lipinski definition) is 3. The van der Waals surface area contributed by atoms with Gasteiger partial charge in [0.2, 0.25) is 5.91 Å². The van der Waals surface area contributed by atoms with E-state index in [0.29, 0.717) is 5.56 Å². The van der Waals surface area contributed by atoms with Crippen LogP contribution in [0.15, 0.2) is 60.7 Å². The Morgan fingerprint density at radius 3 is 2.00 bits per heavy atom. The maximum Gasteiger partial charge on any atom is 0.516 e. The molecule has 8 heteroatoms. The molecule has 0 radical (unpaired) electrons. The third-order valence-corrected chi connectivity index (χ3v) is 6.95. The van der Waals surface area contributed by atoms with Gasteiger partial charge in [-0.3, -0.25) is 4.79 Å². The van der Waals surface area contributed by atoms with Crippen LogP contribution < -0.4 is 0 Å². The second-order valence-corrected chi connectivity index (χ2v) is 9.07. The van der Waals surface area contributed by atoms with Crippen molar-refractivity contribution >= 4 is 15.9 Å². The summed E-state index contributed by atoms with van der Waals surface area (Å²) in [5.41, 5.74) is -5.52. The molecule has 0 aromatic heterocycles. The highest BCUT2D eigenvalue weighted by molar-refractivity contribution is 7.90. The fourth-order valence-electron chi connectivity index (χ4n) is 4.19. The second-order valence-electron chi connectivity index (χ2n) is 7.26. The highest BCUT2D eigenvalue weighted by Crippen LogP contribution is 2.52. The molecule has 1 aliphatic heterocycles. The summed E-state index contributed by atoms with van der Waals surface area (Å²) in [7, 11) is -5.79. The van der Waals surface area contributed by atoms with E-state index in [2.05, 4.69) is 0 Å². The molecule has 0 bridgehead atoms. The Morgan fingerprint density at radius 1 is 1.00 bits per heavy atom. The first-order valence-electron chi connectivity index (χ1n) is 8.74. The highest BCUT2D eigenvalue weighted by Gasteiger charge is 2.64. The van der Waals surface area contributed by atoms with Crippen molar-refractivity contribution in [3.8, 4) is 0 Å². The van der Waals surface area contributed by atoms with Crippen molar-refractivity contribution in [1.82, 2.24) is 4.31 Å². The van der Waals surface area contributed by atoms with Gasteiger partial charge in [-0.05, 0) is 31.4 Å². The van der Waals surface area contributed by atoms with E-state index in [1.54, 1.807) is 67.6 Å². The Bertz CT molecular complexity index is 961. The zero-order valence-corrected chi connectivity index (χ0v) is 16.2. The summed E-state index contributed by atoms with van der Waals surface area (Å²) in [6, 6.07) is 16.3. The summed E-state index contributed by atoms with van der Waals surface area (Å²) < 4.78 is 64.2. The number of nitrogens with zero attached hydrogens (tertiary/aromatic N) is 1. The van der Waals surface area contributed by atoms with E-state index in [9.17, 15) is 26.4 Å². The lowest BCUT2D eigenvalue weighted by Crippen LogP contribution is -2.46. The van der Waals surface area contributed by atoms with Crippen molar-refractivity contribution in [1.29, 1.82) is 0 Å². The molecular formula is C20H20F3NO3S. The summed E-state index contributed by atoms with van der Waals surface area (Å²) in [5.74, 6) is -1.76. The summed E-state index contributed by atoms with van der Waals surface area (Å²) in [4.78, 5) is 13.2. The van der Waals surface area contributed by atoms with E-state index in [0.717, 1.165) is 5.56 Å². The van der Waals surface area contributed by atoms with Gasteiger partial charge in [0.25, 0.3) is 0 Å². The molecule has 1 fully saturated rings. The van der Waals surface area contributed by atoms with Gasteiger partial charge in [-0.15, -0.1) is 0 Å². The van der Waals surface area contributed by atoms with Gasteiger partial charge >= 0.3 is 15.5 Å². The minimum atomic E-state index is -5.79. The Hall–Kier alpha value is -2.35. The molecule has 0 aliphatic carbocycles. The lowest BCUT2D eigenvalue weighted by molar-refractivity contribution is -0.133. The maximum absolute atomic E-state index is 13.3. The Morgan fingerprint density at radius 2 is 1.50 bits per heavy atom. The van der Waals surface area contributed by atoms with Crippen LogP contribution in [0, 0.1) is 5.41 Å². The minimum absolute atomic E-state index is 0.0353. The Kier molecular flexibility index (Phi) is 5.04. The largest absolute Gasteiger partial charge is 0.516 e. The smallest absolute Gasteiger partial charge is 0.273 e. The van der Waals surface area contributed by atoms with Gasteiger partial charge in [-0.1, -0.05) is 60.7 Å². The van der Waals surface area contributed by atoms with Crippen LogP contribution in [0.3, 0.4) is 0 Å². The summed E-state index contributed by atoms with van der Waals surface area (Å²) in [5, 5.41) is 0. The zero-order valence-electron chi connectivity index (χ0n) is 15.3. The van der Waals surface area contributed by atoms with Crippen molar-refractivity contribution in [2.24, 2.45) is 5.41 Å².